The zero-order valence-electron chi connectivity index (χ0n) is 11.8. The minimum Gasteiger partial charge on any atom is -0.481 e. The average molecular weight is 327 g/mol. The number of nitrogens with one attached hydrogen (secondary N) is 1. The molecular formula is C14H15ClN2O5. The number of hydrazone groups is 1. The largest absolute Gasteiger partial charge is 0.481 e. The molecule has 22 heavy (non-hydrogen) atoms. The molecule has 0 fully saturated rings. The van der Waals surface area contributed by atoms with Crippen molar-refractivity contribution in [3.63, 3.8) is 0 Å². The second kappa shape index (κ2) is 8.78. The summed E-state index contributed by atoms with van der Waals surface area (Å²) in [5.74, 6) is -1.35. The van der Waals surface area contributed by atoms with E-state index in [0.29, 0.717) is 10.6 Å². The van der Waals surface area contributed by atoms with Crippen molar-refractivity contribution in [2.24, 2.45) is 5.10 Å². The Hall–Kier alpha value is -2.41. The fourth-order valence-corrected chi connectivity index (χ4v) is 1.65. The number of halogens is 1. The molecule has 1 rings (SSSR count). The number of rotatable bonds is 7. The summed E-state index contributed by atoms with van der Waals surface area (Å²) < 4.78 is 4.40. The van der Waals surface area contributed by atoms with Gasteiger partial charge in [0.2, 0.25) is 0 Å². The third-order valence-corrected chi connectivity index (χ3v) is 2.88. The highest BCUT2D eigenvalue weighted by molar-refractivity contribution is 6.30. The normalized spacial score (nSPS) is 10.9. The molecule has 0 aliphatic carbocycles. The van der Waals surface area contributed by atoms with Crippen molar-refractivity contribution in [3.05, 3.63) is 34.9 Å². The molecule has 1 aromatic rings. The summed E-state index contributed by atoms with van der Waals surface area (Å²) in [4.78, 5) is 33.4. The van der Waals surface area contributed by atoms with E-state index in [9.17, 15) is 14.4 Å². The first kappa shape index (κ1) is 17.6. The number of hydrogen-bond donors (Lipinski definition) is 2. The van der Waals surface area contributed by atoms with E-state index in [0.717, 1.165) is 0 Å². The Balaban J connectivity index is 2.86. The molecule has 118 valence electrons. The lowest BCUT2D eigenvalue weighted by Crippen LogP contribution is -2.21. The number of carbonyl (C=O) groups is 3. The predicted molar refractivity (Wildman–Crippen MR) is 80.0 cm³/mol. The van der Waals surface area contributed by atoms with Crippen LogP contribution in [0, 0.1) is 0 Å². The number of carbonyl (C=O) groups excluding carboxylic acids is 2. The van der Waals surface area contributed by atoms with Crippen LogP contribution >= 0.6 is 11.6 Å². The van der Waals surface area contributed by atoms with Crippen molar-refractivity contribution in [2.45, 2.75) is 19.3 Å². The maximum atomic E-state index is 11.8. The number of aliphatic carboxylic acids is 1. The Morgan fingerprint density at radius 3 is 2.41 bits per heavy atom. The molecule has 1 amide bonds. The van der Waals surface area contributed by atoms with Gasteiger partial charge in [-0.15, -0.1) is 0 Å². The maximum absolute atomic E-state index is 11.8. The summed E-state index contributed by atoms with van der Waals surface area (Å²) in [5, 5.41) is 12.9. The summed E-state index contributed by atoms with van der Waals surface area (Å²) >= 11 is 5.79. The van der Waals surface area contributed by atoms with Gasteiger partial charge >= 0.3 is 12.1 Å². The Bertz CT molecular complexity index is 583. The summed E-state index contributed by atoms with van der Waals surface area (Å²) in [7, 11) is 1.19. The second-order valence-corrected chi connectivity index (χ2v) is 4.71. The van der Waals surface area contributed by atoms with E-state index in [-0.39, 0.29) is 30.8 Å². The van der Waals surface area contributed by atoms with E-state index in [4.69, 9.17) is 16.7 Å². The molecule has 0 aliphatic rings. The van der Waals surface area contributed by atoms with Gasteiger partial charge in [0, 0.05) is 11.4 Å². The van der Waals surface area contributed by atoms with Crippen LogP contribution in [0.4, 0.5) is 4.79 Å². The molecule has 7 nitrogen and oxygen atoms in total. The molecule has 0 unspecified atom stereocenters. The lowest BCUT2D eigenvalue weighted by molar-refractivity contribution is -0.138. The molecule has 8 heteroatoms. The van der Waals surface area contributed by atoms with Gasteiger partial charge in [0.05, 0.1) is 25.7 Å². The van der Waals surface area contributed by atoms with Crippen molar-refractivity contribution in [1.29, 1.82) is 0 Å². The fourth-order valence-electron chi connectivity index (χ4n) is 1.53. The average Bonchev–Trinajstić information content (AvgIpc) is 2.49. The SMILES string of the molecule is COC(=O)N/N=C(\CC(=O)CCC(=O)O)c1ccc(Cl)cc1. The summed E-state index contributed by atoms with van der Waals surface area (Å²) in [6.45, 7) is 0. The van der Waals surface area contributed by atoms with Crippen molar-refractivity contribution >= 4 is 35.2 Å². The highest BCUT2D eigenvalue weighted by Gasteiger charge is 2.13. The van der Waals surface area contributed by atoms with Gasteiger partial charge in [0.25, 0.3) is 0 Å². The molecule has 0 atom stereocenters. The Morgan fingerprint density at radius 1 is 1.23 bits per heavy atom. The molecule has 0 aliphatic heterocycles. The standard InChI is InChI=1S/C14H15ClN2O5/c1-22-14(21)17-16-12(8-11(18)6-7-13(19)20)9-2-4-10(15)5-3-9/h2-5H,6-8H2,1H3,(H,17,21)(H,19,20)/b16-12+. The van der Waals surface area contributed by atoms with Gasteiger partial charge in [-0.05, 0) is 17.7 Å². The van der Waals surface area contributed by atoms with Gasteiger partial charge in [-0.25, -0.2) is 10.2 Å². The smallest absolute Gasteiger partial charge is 0.427 e. The molecule has 0 aromatic heterocycles. The van der Waals surface area contributed by atoms with Crippen LogP contribution in [-0.2, 0) is 14.3 Å². The van der Waals surface area contributed by atoms with Crippen molar-refractivity contribution in [1.82, 2.24) is 5.43 Å². The number of hydrogen-bond acceptors (Lipinski definition) is 5. The second-order valence-electron chi connectivity index (χ2n) is 4.28. The number of carboxylic acids is 1. The number of amides is 1. The summed E-state index contributed by atoms with van der Waals surface area (Å²) in [6.07, 6.45) is -1.25. The summed E-state index contributed by atoms with van der Waals surface area (Å²) in [6, 6.07) is 6.52. The highest BCUT2D eigenvalue weighted by Crippen LogP contribution is 2.12. The molecule has 0 saturated carbocycles. The van der Waals surface area contributed by atoms with E-state index in [1.165, 1.54) is 7.11 Å². The Labute approximate surface area is 131 Å². The third kappa shape index (κ3) is 6.36. The van der Waals surface area contributed by atoms with E-state index >= 15 is 0 Å². The molecular weight excluding hydrogens is 312 g/mol. The first-order chi connectivity index (χ1) is 10.4. The topological polar surface area (TPSA) is 105 Å². The van der Waals surface area contributed by atoms with E-state index in [2.05, 4.69) is 15.3 Å². The minimum absolute atomic E-state index is 0.111. The molecule has 2 N–H and O–H groups in total. The highest BCUT2D eigenvalue weighted by atomic mass is 35.5. The van der Waals surface area contributed by atoms with Crippen LogP contribution in [0.15, 0.2) is 29.4 Å². The van der Waals surface area contributed by atoms with Gasteiger partial charge in [-0.1, -0.05) is 23.7 Å². The van der Waals surface area contributed by atoms with Gasteiger partial charge in [0.1, 0.15) is 5.78 Å². The van der Waals surface area contributed by atoms with E-state index in [1.807, 2.05) is 0 Å². The van der Waals surface area contributed by atoms with Crippen molar-refractivity contribution < 1.29 is 24.2 Å². The zero-order valence-corrected chi connectivity index (χ0v) is 12.6. The number of ketones is 1. The molecule has 0 radical (unpaired) electrons. The van der Waals surface area contributed by atoms with Crippen LogP contribution in [0.2, 0.25) is 5.02 Å². The molecule has 0 saturated heterocycles. The summed E-state index contributed by atoms with van der Waals surface area (Å²) in [5.41, 5.74) is 3.02. The predicted octanol–water partition coefficient (Wildman–Crippen LogP) is 2.22. The Morgan fingerprint density at radius 2 is 1.86 bits per heavy atom. The molecule has 0 spiro atoms. The van der Waals surface area contributed by atoms with Crippen LogP contribution in [0.5, 0.6) is 0 Å². The zero-order chi connectivity index (χ0) is 16.5. The van der Waals surface area contributed by atoms with Crippen molar-refractivity contribution in [2.75, 3.05) is 7.11 Å². The Kier molecular flexibility index (Phi) is 7.04. The van der Waals surface area contributed by atoms with Gasteiger partial charge in [-0.2, -0.15) is 5.10 Å². The number of benzene rings is 1. The van der Waals surface area contributed by atoms with Crippen LogP contribution < -0.4 is 5.43 Å². The molecule has 1 aromatic carbocycles. The number of ether oxygens (including phenoxy) is 1. The quantitative estimate of drug-likeness (QED) is 0.590. The number of methoxy groups -OCH3 is 1. The fraction of sp³-hybridized carbons (Fsp3) is 0.286. The van der Waals surface area contributed by atoms with Crippen LogP contribution in [0.25, 0.3) is 0 Å². The molecule has 0 bridgehead atoms. The maximum Gasteiger partial charge on any atom is 0.427 e. The van der Waals surface area contributed by atoms with Gasteiger partial charge in [-0.3, -0.25) is 9.59 Å². The lowest BCUT2D eigenvalue weighted by Gasteiger charge is -2.07. The van der Waals surface area contributed by atoms with E-state index in [1.54, 1.807) is 24.3 Å². The number of nitrogens with zero attached hydrogens (tertiary/aromatic N) is 1. The van der Waals surface area contributed by atoms with Crippen LogP contribution in [0.1, 0.15) is 24.8 Å². The first-order valence-corrected chi connectivity index (χ1v) is 6.70. The van der Waals surface area contributed by atoms with E-state index < -0.39 is 12.1 Å². The minimum atomic E-state index is -1.05. The van der Waals surface area contributed by atoms with Crippen LogP contribution in [0.3, 0.4) is 0 Å². The number of carboxylic acid groups (broad SMARTS) is 1. The molecule has 0 heterocycles. The third-order valence-electron chi connectivity index (χ3n) is 2.63. The lowest BCUT2D eigenvalue weighted by atomic mass is 10.0. The van der Waals surface area contributed by atoms with Crippen molar-refractivity contribution in [3.8, 4) is 0 Å². The number of Topliss-reactive ketones (excluding diaryl/α,β-unsaturated/α-hetero) is 1. The van der Waals surface area contributed by atoms with Gasteiger partial charge < -0.3 is 9.84 Å². The monoisotopic (exact) mass is 326 g/mol. The van der Waals surface area contributed by atoms with Crippen LogP contribution in [-0.4, -0.2) is 35.8 Å². The first-order valence-electron chi connectivity index (χ1n) is 6.32. The van der Waals surface area contributed by atoms with Gasteiger partial charge in [0.15, 0.2) is 0 Å².